The van der Waals surface area contributed by atoms with Gasteiger partial charge in [0, 0.05) is 18.4 Å². The van der Waals surface area contributed by atoms with Crippen molar-refractivity contribution in [3.05, 3.63) is 41.7 Å². The number of nitrogens with one attached hydrogen (secondary N) is 1. The van der Waals surface area contributed by atoms with Crippen LogP contribution in [0.15, 0.2) is 30.5 Å². The maximum atomic E-state index is 5.60. The predicted molar refractivity (Wildman–Crippen MR) is 56.7 cm³/mol. The number of aromatic amines is 1. The molecule has 0 bridgehead atoms. The second kappa shape index (κ2) is 3.64. The molecule has 0 aliphatic rings. The van der Waals surface area contributed by atoms with Gasteiger partial charge >= 0.3 is 0 Å². The summed E-state index contributed by atoms with van der Waals surface area (Å²) in [5.74, 6) is 0. The Kier molecular flexibility index (Phi) is 2.33. The fraction of sp³-hybridized carbons (Fsp3) is 0.182. The van der Waals surface area contributed by atoms with Crippen molar-refractivity contribution in [2.45, 2.75) is 13.5 Å². The molecule has 0 amide bonds. The molecule has 0 fully saturated rings. The van der Waals surface area contributed by atoms with Crippen molar-refractivity contribution >= 4 is 0 Å². The van der Waals surface area contributed by atoms with Gasteiger partial charge in [-0.25, -0.2) is 0 Å². The van der Waals surface area contributed by atoms with Gasteiger partial charge in [-0.2, -0.15) is 0 Å². The van der Waals surface area contributed by atoms with Gasteiger partial charge in [-0.15, -0.1) is 0 Å². The van der Waals surface area contributed by atoms with Crippen LogP contribution in [0.2, 0.25) is 0 Å². The Morgan fingerprint density at radius 2 is 2.29 bits per heavy atom. The minimum atomic E-state index is 0.565. The number of aromatic nitrogens is 2. The lowest BCUT2D eigenvalue weighted by molar-refractivity contribution is 1.04. The van der Waals surface area contributed by atoms with Gasteiger partial charge < -0.3 is 10.7 Å². The second-order valence-corrected chi connectivity index (χ2v) is 3.25. The number of nitrogens with zero attached hydrogens (tertiary/aromatic N) is 1. The van der Waals surface area contributed by atoms with Crippen LogP contribution in [-0.2, 0) is 6.54 Å². The van der Waals surface area contributed by atoms with Crippen LogP contribution < -0.4 is 5.73 Å². The van der Waals surface area contributed by atoms with Crippen molar-refractivity contribution in [3.8, 4) is 11.4 Å². The number of hydrogen-bond acceptors (Lipinski definition) is 2. The average molecular weight is 187 g/mol. The van der Waals surface area contributed by atoms with Gasteiger partial charge in [0.2, 0.25) is 0 Å². The Hall–Kier alpha value is -1.61. The minimum Gasteiger partial charge on any atom is -0.357 e. The van der Waals surface area contributed by atoms with Gasteiger partial charge in [-0.05, 0) is 30.7 Å². The molecule has 0 spiro atoms. The maximum absolute atomic E-state index is 5.60. The minimum absolute atomic E-state index is 0.565. The Morgan fingerprint density at radius 3 is 2.86 bits per heavy atom. The number of H-pyrrole nitrogens is 1. The van der Waals surface area contributed by atoms with E-state index in [-0.39, 0.29) is 0 Å². The van der Waals surface area contributed by atoms with E-state index in [1.807, 2.05) is 25.1 Å². The molecule has 3 N–H and O–H groups in total. The third-order valence-corrected chi connectivity index (χ3v) is 2.28. The molecule has 2 aromatic rings. The first-order valence-corrected chi connectivity index (χ1v) is 4.61. The molecule has 3 heteroatoms. The van der Waals surface area contributed by atoms with Gasteiger partial charge in [0.25, 0.3) is 0 Å². The number of rotatable bonds is 2. The van der Waals surface area contributed by atoms with E-state index in [1.54, 1.807) is 6.20 Å². The van der Waals surface area contributed by atoms with Crippen molar-refractivity contribution in [2.24, 2.45) is 5.73 Å². The predicted octanol–water partition coefficient (Wildman–Crippen LogP) is 1.84. The Bertz CT molecular complexity index is 417. The van der Waals surface area contributed by atoms with Gasteiger partial charge in [0.1, 0.15) is 0 Å². The molecule has 2 heterocycles. The summed E-state index contributed by atoms with van der Waals surface area (Å²) in [5.41, 5.74) is 9.85. The van der Waals surface area contributed by atoms with Crippen molar-refractivity contribution in [1.82, 2.24) is 9.97 Å². The largest absolute Gasteiger partial charge is 0.357 e. The van der Waals surface area contributed by atoms with E-state index in [9.17, 15) is 0 Å². The normalized spacial score (nSPS) is 10.4. The van der Waals surface area contributed by atoms with Gasteiger partial charge in [-0.1, -0.05) is 6.07 Å². The zero-order valence-electron chi connectivity index (χ0n) is 8.12. The lowest BCUT2D eigenvalue weighted by Gasteiger charge is -1.94. The standard InChI is InChI=1S/C11H13N3/c1-8-9(7-12)6-11(14-8)10-4-2-3-5-13-10/h2-6,14H,7,12H2,1H3. The first kappa shape index (κ1) is 8.97. The molecule has 0 atom stereocenters. The molecular formula is C11H13N3. The average Bonchev–Trinajstić information content (AvgIpc) is 2.61. The van der Waals surface area contributed by atoms with Gasteiger partial charge in [-0.3, -0.25) is 4.98 Å². The van der Waals surface area contributed by atoms with Crippen molar-refractivity contribution in [2.75, 3.05) is 0 Å². The van der Waals surface area contributed by atoms with E-state index in [0.717, 1.165) is 22.6 Å². The molecule has 0 unspecified atom stereocenters. The summed E-state index contributed by atoms with van der Waals surface area (Å²) < 4.78 is 0. The van der Waals surface area contributed by atoms with E-state index in [1.165, 1.54) is 0 Å². The van der Waals surface area contributed by atoms with Crippen LogP contribution in [0.4, 0.5) is 0 Å². The topological polar surface area (TPSA) is 54.7 Å². The van der Waals surface area contributed by atoms with Crippen LogP contribution in [0.5, 0.6) is 0 Å². The monoisotopic (exact) mass is 187 g/mol. The molecule has 0 saturated carbocycles. The summed E-state index contributed by atoms with van der Waals surface area (Å²) in [6.45, 7) is 2.59. The quantitative estimate of drug-likeness (QED) is 0.753. The first-order valence-electron chi connectivity index (χ1n) is 4.61. The van der Waals surface area contributed by atoms with E-state index >= 15 is 0 Å². The molecule has 0 aromatic carbocycles. The highest BCUT2D eigenvalue weighted by molar-refractivity contribution is 5.56. The van der Waals surface area contributed by atoms with Crippen LogP contribution >= 0.6 is 0 Å². The molecular weight excluding hydrogens is 174 g/mol. The summed E-state index contributed by atoms with van der Waals surface area (Å²) in [6.07, 6.45) is 1.79. The Labute approximate surface area is 83.0 Å². The summed E-state index contributed by atoms with van der Waals surface area (Å²) in [5, 5.41) is 0. The summed E-state index contributed by atoms with van der Waals surface area (Å²) in [6, 6.07) is 7.91. The van der Waals surface area contributed by atoms with Crippen molar-refractivity contribution in [3.63, 3.8) is 0 Å². The van der Waals surface area contributed by atoms with Gasteiger partial charge in [0.05, 0.1) is 11.4 Å². The molecule has 0 aliphatic heterocycles. The summed E-state index contributed by atoms with van der Waals surface area (Å²) in [7, 11) is 0. The van der Waals surface area contributed by atoms with Crippen LogP contribution in [0, 0.1) is 6.92 Å². The van der Waals surface area contributed by atoms with Gasteiger partial charge in [0.15, 0.2) is 0 Å². The van der Waals surface area contributed by atoms with E-state index in [4.69, 9.17) is 5.73 Å². The summed E-state index contributed by atoms with van der Waals surface area (Å²) >= 11 is 0. The third kappa shape index (κ3) is 1.54. The molecule has 2 aromatic heterocycles. The SMILES string of the molecule is Cc1[nH]c(-c2ccccn2)cc1CN. The highest BCUT2D eigenvalue weighted by Gasteiger charge is 2.04. The highest BCUT2D eigenvalue weighted by Crippen LogP contribution is 2.18. The van der Waals surface area contributed by atoms with Crippen molar-refractivity contribution < 1.29 is 0 Å². The van der Waals surface area contributed by atoms with E-state index in [2.05, 4.69) is 16.0 Å². The second-order valence-electron chi connectivity index (χ2n) is 3.25. The number of pyridine rings is 1. The fourth-order valence-electron chi connectivity index (χ4n) is 1.47. The smallest absolute Gasteiger partial charge is 0.0864 e. The van der Waals surface area contributed by atoms with Crippen LogP contribution in [-0.4, -0.2) is 9.97 Å². The molecule has 0 saturated heterocycles. The zero-order valence-corrected chi connectivity index (χ0v) is 8.12. The molecule has 14 heavy (non-hydrogen) atoms. The highest BCUT2D eigenvalue weighted by atomic mass is 14.8. The molecule has 0 aliphatic carbocycles. The zero-order chi connectivity index (χ0) is 9.97. The summed E-state index contributed by atoms with van der Waals surface area (Å²) in [4.78, 5) is 7.54. The number of nitrogens with two attached hydrogens (primary N) is 1. The third-order valence-electron chi connectivity index (χ3n) is 2.28. The van der Waals surface area contributed by atoms with Crippen LogP contribution in [0.3, 0.4) is 0 Å². The fourth-order valence-corrected chi connectivity index (χ4v) is 1.47. The lowest BCUT2D eigenvalue weighted by atomic mass is 10.2. The number of hydrogen-bond donors (Lipinski definition) is 2. The molecule has 72 valence electrons. The first-order chi connectivity index (χ1) is 6.81. The van der Waals surface area contributed by atoms with E-state index in [0.29, 0.717) is 6.54 Å². The number of aryl methyl sites for hydroxylation is 1. The van der Waals surface area contributed by atoms with E-state index < -0.39 is 0 Å². The maximum Gasteiger partial charge on any atom is 0.0864 e. The lowest BCUT2D eigenvalue weighted by Crippen LogP contribution is -1.95. The Morgan fingerprint density at radius 1 is 1.43 bits per heavy atom. The van der Waals surface area contributed by atoms with Crippen LogP contribution in [0.1, 0.15) is 11.3 Å². The Balaban J connectivity index is 2.43. The molecule has 2 rings (SSSR count). The van der Waals surface area contributed by atoms with Crippen LogP contribution in [0.25, 0.3) is 11.4 Å². The molecule has 3 nitrogen and oxygen atoms in total. The van der Waals surface area contributed by atoms with Crippen molar-refractivity contribution in [1.29, 1.82) is 0 Å². The molecule has 0 radical (unpaired) electrons.